The minimum atomic E-state index is -0.515. The molecule has 1 saturated carbocycles. The number of carbonyl (C=O) groups excluding carboxylic acids is 1. The molecule has 2 rings (SSSR count). The Morgan fingerprint density at radius 3 is 3.00 bits per heavy atom. The second kappa shape index (κ2) is 7.00. The molecule has 1 aromatic heterocycles. The molecular weight excluding hydrogens is 264 g/mol. The van der Waals surface area contributed by atoms with Crippen molar-refractivity contribution in [2.45, 2.75) is 44.2 Å². The van der Waals surface area contributed by atoms with Gasteiger partial charge in [-0.2, -0.15) is 0 Å². The number of rotatable bonds is 7. The van der Waals surface area contributed by atoms with Crippen LogP contribution < -0.4 is 11.1 Å². The maximum absolute atomic E-state index is 11.8. The SMILES string of the molecule is CCNC1(C(N)=O)CCC(N(C)CCc2ccccn2)C1. The number of likely N-dealkylation sites (N-methyl/N-ethyl adjacent to an activating group) is 2. The monoisotopic (exact) mass is 290 g/mol. The van der Waals surface area contributed by atoms with Gasteiger partial charge >= 0.3 is 0 Å². The average Bonchev–Trinajstić information content (AvgIpc) is 2.92. The normalized spacial score (nSPS) is 25.4. The zero-order chi connectivity index (χ0) is 15.3. The average molecular weight is 290 g/mol. The fourth-order valence-electron chi connectivity index (χ4n) is 3.22. The molecule has 1 fully saturated rings. The molecule has 0 aliphatic heterocycles. The first-order valence-electron chi connectivity index (χ1n) is 7.72. The van der Waals surface area contributed by atoms with Crippen LogP contribution >= 0.6 is 0 Å². The van der Waals surface area contributed by atoms with Crippen molar-refractivity contribution in [3.05, 3.63) is 30.1 Å². The number of primary amides is 1. The number of hydrogen-bond donors (Lipinski definition) is 2. The Hall–Kier alpha value is -1.46. The number of hydrogen-bond acceptors (Lipinski definition) is 4. The molecule has 1 amide bonds. The summed E-state index contributed by atoms with van der Waals surface area (Å²) in [6.45, 7) is 3.73. The Kier molecular flexibility index (Phi) is 5.31. The third kappa shape index (κ3) is 3.80. The van der Waals surface area contributed by atoms with E-state index >= 15 is 0 Å². The van der Waals surface area contributed by atoms with Crippen LogP contribution in [0.4, 0.5) is 0 Å². The number of aromatic nitrogens is 1. The first-order valence-corrected chi connectivity index (χ1v) is 7.72. The van der Waals surface area contributed by atoms with Crippen LogP contribution in [0.5, 0.6) is 0 Å². The van der Waals surface area contributed by atoms with E-state index in [-0.39, 0.29) is 5.91 Å². The van der Waals surface area contributed by atoms with Crippen molar-refractivity contribution in [2.75, 3.05) is 20.1 Å². The van der Waals surface area contributed by atoms with Gasteiger partial charge in [0.2, 0.25) is 5.91 Å². The zero-order valence-corrected chi connectivity index (χ0v) is 13.0. The topological polar surface area (TPSA) is 71.2 Å². The number of amides is 1. The summed E-state index contributed by atoms with van der Waals surface area (Å²) in [6, 6.07) is 6.40. The largest absolute Gasteiger partial charge is 0.368 e. The van der Waals surface area contributed by atoms with Crippen LogP contribution in [0.25, 0.3) is 0 Å². The van der Waals surface area contributed by atoms with Crippen LogP contribution in [0.2, 0.25) is 0 Å². The molecular formula is C16H26N4O. The third-order valence-corrected chi connectivity index (χ3v) is 4.55. The van der Waals surface area contributed by atoms with E-state index in [9.17, 15) is 4.79 Å². The molecule has 2 unspecified atom stereocenters. The molecule has 0 spiro atoms. The summed E-state index contributed by atoms with van der Waals surface area (Å²) >= 11 is 0. The molecule has 0 bridgehead atoms. The predicted molar refractivity (Wildman–Crippen MR) is 83.8 cm³/mol. The van der Waals surface area contributed by atoms with E-state index in [0.717, 1.165) is 44.5 Å². The van der Waals surface area contributed by atoms with Gasteiger partial charge in [-0.05, 0) is 45.0 Å². The fourth-order valence-corrected chi connectivity index (χ4v) is 3.22. The molecule has 1 aliphatic carbocycles. The van der Waals surface area contributed by atoms with E-state index in [4.69, 9.17) is 5.73 Å². The van der Waals surface area contributed by atoms with Crippen molar-refractivity contribution >= 4 is 5.91 Å². The van der Waals surface area contributed by atoms with Crippen LogP contribution in [0, 0.1) is 0 Å². The van der Waals surface area contributed by atoms with Gasteiger partial charge < -0.3 is 16.0 Å². The van der Waals surface area contributed by atoms with E-state index < -0.39 is 5.54 Å². The molecule has 2 atom stereocenters. The highest BCUT2D eigenvalue weighted by Crippen LogP contribution is 2.32. The van der Waals surface area contributed by atoms with Gasteiger partial charge in [-0.1, -0.05) is 13.0 Å². The van der Waals surface area contributed by atoms with E-state index in [0.29, 0.717) is 6.04 Å². The highest BCUT2D eigenvalue weighted by molar-refractivity contribution is 5.85. The molecule has 0 radical (unpaired) electrons. The standard InChI is InChI=1S/C16H26N4O/c1-3-19-16(15(17)21)9-7-14(12-16)20(2)11-8-13-6-4-5-10-18-13/h4-6,10,14,19H,3,7-9,11-12H2,1-2H3,(H2,17,21). The molecule has 0 aromatic carbocycles. The second-order valence-electron chi connectivity index (χ2n) is 5.92. The van der Waals surface area contributed by atoms with Crippen molar-refractivity contribution < 1.29 is 4.79 Å². The van der Waals surface area contributed by atoms with Crippen LogP contribution in [0.15, 0.2) is 24.4 Å². The van der Waals surface area contributed by atoms with Gasteiger partial charge in [0.25, 0.3) is 0 Å². The summed E-state index contributed by atoms with van der Waals surface area (Å²) in [6.07, 6.45) is 5.39. The molecule has 116 valence electrons. The highest BCUT2D eigenvalue weighted by atomic mass is 16.1. The summed E-state index contributed by atoms with van der Waals surface area (Å²) < 4.78 is 0. The number of nitrogens with zero attached hydrogens (tertiary/aromatic N) is 2. The van der Waals surface area contributed by atoms with Gasteiger partial charge in [0.1, 0.15) is 0 Å². The Bertz CT molecular complexity index is 465. The predicted octanol–water partition coefficient (Wildman–Crippen LogP) is 0.942. The van der Waals surface area contributed by atoms with Crippen molar-refractivity contribution in [3.63, 3.8) is 0 Å². The molecule has 21 heavy (non-hydrogen) atoms. The first-order chi connectivity index (χ1) is 10.1. The molecule has 5 nitrogen and oxygen atoms in total. The first kappa shape index (κ1) is 15.9. The maximum atomic E-state index is 11.8. The van der Waals surface area contributed by atoms with Crippen molar-refractivity contribution in [1.82, 2.24) is 15.2 Å². The number of pyridine rings is 1. The minimum Gasteiger partial charge on any atom is -0.368 e. The summed E-state index contributed by atoms with van der Waals surface area (Å²) in [5.41, 5.74) is 6.21. The van der Waals surface area contributed by atoms with E-state index in [1.54, 1.807) is 0 Å². The van der Waals surface area contributed by atoms with Gasteiger partial charge in [0, 0.05) is 30.9 Å². The summed E-state index contributed by atoms with van der Waals surface area (Å²) in [5, 5.41) is 3.30. The lowest BCUT2D eigenvalue weighted by atomic mass is 9.96. The van der Waals surface area contributed by atoms with Gasteiger partial charge in [0.05, 0.1) is 5.54 Å². The summed E-state index contributed by atoms with van der Waals surface area (Å²) in [4.78, 5) is 18.5. The minimum absolute atomic E-state index is 0.218. The zero-order valence-electron chi connectivity index (χ0n) is 13.0. The summed E-state index contributed by atoms with van der Waals surface area (Å²) in [7, 11) is 2.12. The lowest BCUT2D eigenvalue weighted by Crippen LogP contribution is -2.54. The van der Waals surface area contributed by atoms with Crippen molar-refractivity contribution in [3.8, 4) is 0 Å². The van der Waals surface area contributed by atoms with Crippen LogP contribution in [-0.4, -0.2) is 47.5 Å². The maximum Gasteiger partial charge on any atom is 0.237 e. The number of carbonyl (C=O) groups is 1. The Morgan fingerprint density at radius 1 is 1.57 bits per heavy atom. The molecule has 5 heteroatoms. The summed E-state index contributed by atoms with van der Waals surface area (Å²) in [5.74, 6) is -0.218. The lowest BCUT2D eigenvalue weighted by molar-refractivity contribution is -0.124. The van der Waals surface area contributed by atoms with Crippen LogP contribution in [0.1, 0.15) is 31.9 Å². The van der Waals surface area contributed by atoms with Gasteiger partial charge in [-0.3, -0.25) is 9.78 Å². The molecule has 1 aliphatic rings. The molecule has 1 heterocycles. The highest BCUT2D eigenvalue weighted by Gasteiger charge is 2.44. The van der Waals surface area contributed by atoms with Crippen LogP contribution in [-0.2, 0) is 11.2 Å². The lowest BCUT2D eigenvalue weighted by Gasteiger charge is -2.29. The smallest absolute Gasteiger partial charge is 0.237 e. The Balaban J connectivity index is 1.89. The molecule has 3 N–H and O–H groups in total. The Morgan fingerprint density at radius 2 is 2.38 bits per heavy atom. The fraction of sp³-hybridized carbons (Fsp3) is 0.625. The third-order valence-electron chi connectivity index (χ3n) is 4.55. The van der Waals surface area contributed by atoms with E-state index in [1.807, 2.05) is 25.3 Å². The molecule has 0 saturated heterocycles. The van der Waals surface area contributed by atoms with Crippen molar-refractivity contribution in [1.29, 1.82) is 0 Å². The van der Waals surface area contributed by atoms with E-state index in [1.165, 1.54) is 0 Å². The molecule has 1 aromatic rings. The van der Waals surface area contributed by atoms with Crippen LogP contribution in [0.3, 0.4) is 0 Å². The van der Waals surface area contributed by atoms with Gasteiger partial charge in [0.15, 0.2) is 0 Å². The number of nitrogens with one attached hydrogen (secondary N) is 1. The van der Waals surface area contributed by atoms with E-state index in [2.05, 4.69) is 28.3 Å². The second-order valence-corrected chi connectivity index (χ2v) is 5.92. The Labute approximate surface area is 126 Å². The number of nitrogens with two attached hydrogens (primary N) is 1. The van der Waals surface area contributed by atoms with Gasteiger partial charge in [-0.25, -0.2) is 0 Å². The quantitative estimate of drug-likeness (QED) is 0.784. The van der Waals surface area contributed by atoms with Gasteiger partial charge in [-0.15, -0.1) is 0 Å². The van der Waals surface area contributed by atoms with Crippen molar-refractivity contribution in [2.24, 2.45) is 5.73 Å².